The van der Waals surface area contributed by atoms with E-state index in [4.69, 9.17) is 32.0 Å². The molecule has 0 spiro atoms. The second-order valence-corrected chi connectivity index (χ2v) is 3.71. The number of benzene rings is 1. The molecule has 0 amide bonds. The highest BCUT2D eigenvalue weighted by Gasteiger charge is 2.19. The third kappa shape index (κ3) is 2.11. The van der Waals surface area contributed by atoms with Crippen LogP contribution >= 0.6 is 11.6 Å². The van der Waals surface area contributed by atoms with Gasteiger partial charge in [0.1, 0.15) is 0 Å². The van der Waals surface area contributed by atoms with Gasteiger partial charge in [-0.3, -0.25) is 0 Å². The van der Waals surface area contributed by atoms with Gasteiger partial charge in [-0.15, -0.1) is 0 Å². The van der Waals surface area contributed by atoms with E-state index in [0.717, 1.165) is 5.56 Å². The van der Waals surface area contributed by atoms with Gasteiger partial charge in [-0.1, -0.05) is 22.8 Å². The third-order valence-electron chi connectivity index (χ3n) is 2.27. The summed E-state index contributed by atoms with van der Waals surface area (Å²) in [5, 5.41) is 11.8. The molecule has 0 aliphatic carbocycles. The summed E-state index contributed by atoms with van der Waals surface area (Å²) in [7, 11) is 0. The number of hydrogen-bond donors (Lipinski definition) is 2. The van der Waals surface area contributed by atoms with Gasteiger partial charge in [-0.25, -0.2) is 0 Å². The molecule has 1 fully saturated rings. The van der Waals surface area contributed by atoms with Crippen molar-refractivity contribution in [1.29, 1.82) is 0 Å². The molecular weight excluding hydrogens is 232 g/mol. The fourth-order valence-corrected chi connectivity index (χ4v) is 1.78. The van der Waals surface area contributed by atoms with Crippen molar-refractivity contribution in [1.82, 2.24) is 0 Å². The number of rotatable bonds is 2. The Bertz CT molecular complexity index is 417. The second-order valence-electron chi connectivity index (χ2n) is 3.30. The van der Waals surface area contributed by atoms with E-state index in [0.29, 0.717) is 23.8 Å². The standard InChI is InChI=1S/C10H11ClN2O3/c11-8-5-6(10-15-3-4-16-10)1-2-7(8)9(12)13-14/h1-2,5,10,14H,3-4H2,(H2,12,13). The zero-order valence-electron chi connectivity index (χ0n) is 8.39. The van der Waals surface area contributed by atoms with Crippen molar-refractivity contribution >= 4 is 17.4 Å². The molecule has 16 heavy (non-hydrogen) atoms. The van der Waals surface area contributed by atoms with Crippen LogP contribution in [0.15, 0.2) is 23.4 Å². The van der Waals surface area contributed by atoms with E-state index in [9.17, 15) is 0 Å². The predicted octanol–water partition coefficient (Wildman–Crippen LogP) is 1.48. The van der Waals surface area contributed by atoms with Crippen LogP contribution in [-0.4, -0.2) is 24.3 Å². The van der Waals surface area contributed by atoms with Crippen molar-refractivity contribution in [3.05, 3.63) is 34.3 Å². The van der Waals surface area contributed by atoms with Crippen molar-refractivity contribution in [3.8, 4) is 0 Å². The highest BCUT2D eigenvalue weighted by molar-refractivity contribution is 6.34. The van der Waals surface area contributed by atoms with Crippen LogP contribution in [0, 0.1) is 0 Å². The fourth-order valence-electron chi connectivity index (χ4n) is 1.49. The maximum atomic E-state index is 8.55. The van der Waals surface area contributed by atoms with Crippen LogP contribution in [0.4, 0.5) is 0 Å². The van der Waals surface area contributed by atoms with Gasteiger partial charge in [0, 0.05) is 11.1 Å². The van der Waals surface area contributed by atoms with Crippen molar-refractivity contribution in [2.24, 2.45) is 10.9 Å². The maximum absolute atomic E-state index is 8.55. The van der Waals surface area contributed by atoms with Gasteiger partial charge in [0.05, 0.1) is 18.2 Å². The van der Waals surface area contributed by atoms with Crippen LogP contribution in [0.3, 0.4) is 0 Å². The number of halogens is 1. The topological polar surface area (TPSA) is 77.1 Å². The summed E-state index contributed by atoms with van der Waals surface area (Å²) < 4.78 is 10.7. The number of nitrogens with zero attached hydrogens (tertiary/aromatic N) is 1. The summed E-state index contributed by atoms with van der Waals surface area (Å²) in [6.07, 6.45) is -0.376. The van der Waals surface area contributed by atoms with Gasteiger partial charge in [0.2, 0.25) is 0 Å². The number of oxime groups is 1. The van der Waals surface area contributed by atoms with E-state index in [1.165, 1.54) is 0 Å². The van der Waals surface area contributed by atoms with Crippen molar-refractivity contribution in [2.75, 3.05) is 13.2 Å². The van der Waals surface area contributed by atoms with E-state index in [-0.39, 0.29) is 12.1 Å². The Morgan fingerprint density at radius 1 is 1.44 bits per heavy atom. The molecule has 0 bridgehead atoms. The van der Waals surface area contributed by atoms with E-state index >= 15 is 0 Å². The summed E-state index contributed by atoms with van der Waals surface area (Å²) >= 11 is 6.00. The monoisotopic (exact) mass is 242 g/mol. The highest BCUT2D eigenvalue weighted by atomic mass is 35.5. The van der Waals surface area contributed by atoms with E-state index in [1.54, 1.807) is 18.2 Å². The quantitative estimate of drug-likeness (QED) is 0.356. The minimum atomic E-state index is -0.376. The van der Waals surface area contributed by atoms with Crippen LogP contribution in [0.5, 0.6) is 0 Å². The summed E-state index contributed by atoms with van der Waals surface area (Å²) in [4.78, 5) is 0. The highest BCUT2D eigenvalue weighted by Crippen LogP contribution is 2.27. The Morgan fingerprint density at radius 3 is 2.69 bits per heavy atom. The molecule has 1 saturated heterocycles. The molecule has 3 N–H and O–H groups in total. The SMILES string of the molecule is NC(=NO)c1ccc(C2OCCO2)cc1Cl. The molecule has 1 aromatic rings. The van der Waals surface area contributed by atoms with Gasteiger partial charge in [-0.05, 0) is 12.1 Å². The van der Waals surface area contributed by atoms with Crippen molar-refractivity contribution < 1.29 is 14.7 Å². The van der Waals surface area contributed by atoms with Crippen molar-refractivity contribution in [2.45, 2.75) is 6.29 Å². The van der Waals surface area contributed by atoms with Crippen LogP contribution in [0.1, 0.15) is 17.4 Å². The van der Waals surface area contributed by atoms with E-state index < -0.39 is 0 Å². The number of ether oxygens (including phenoxy) is 2. The predicted molar refractivity (Wildman–Crippen MR) is 58.6 cm³/mol. The Balaban J connectivity index is 2.28. The van der Waals surface area contributed by atoms with E-state index in [2.05, 4.69) is 5.16 Å². The average Bonchev–Trinajstić information content (AvgIpc) is 2.81. The lowest BCUT2D eigenvalue weighted by Gasteiger charge is -2.11. The number of amidine groups is 1. The molecule has 0 aromatic heterocycles. The van der Waals surface area contributed by atoms with Gasteiger partial charge in [0.25, 0.3) is 0 Å². The molecule has 0 saturated carbocycles. The van der Waals surface area contributed by atoms with Gasteiger partial charge >= 0.3 is 0 Å². The van der Waals surface area contributed by atoms with Gasteiger partial charge in [-0.2, -0.15) is 0 Å². The van der Waals surface area contributed by atoms with Crippen LogP contribution in [0.2, 0.25) is 5.02 Å². The smallest absolute Gasteiger partial charge is 0.184 e. The van der Waals surface area contributed by atoms with Crippen LogP contribution in [0.25, 0.3) is 0 Å². The zero-order chi connectivity index (χ0) is 11.5. The molecule has 1 heterocycles. The first kappa shape index (κ1) is 11.2. The average molecular weight is 243 g/mol. The number of nitrogens with two attached hydrogens (primary N) is 1. The molecule has 0 unspecified atom stereocenters. The molecule has 0 radical (unpaired) electrons. The number of hydrogen-bond acceptors (Lipinski definition) is 4. The van der Waals surface area contributed by atoms with Crippen molar-refractivity contribution in [3.63, 3.8) is 0 Å². The molecule has 0 atom stereocenters. The Morgan fingerprint density at radius 2 is 2.12 bits per heavy atom. The molecule has 5 nitrogen and oxygen atoms in total. The second kappa shape index (κ2) is 4.69. The fraction of sp³-hybridized carbons (Fsp3) is 0.300. The van der Waals surface area contributed by atoms with Gasteiger partial charge in [0.15, 0.2) is 12.1 Å². The summed E-state index contributed by atoms with van der Waals surface area (Å²) in [5.74, 6) is -0.0233. The molecule has 1 aliphatic rings. The minimum Gasteiger partial charge on any atom is -0.409 e. The molecule has 1 aromatic carbocycles. The molecule has 1 aliphatic heterocycles. The zero-order valence-corrected chi connectivity index (χ0v) is 9.15. The first-order valence-corrected chi connectivity index (χ1v) is 5.10. The Kier molecular flexibility index (Phi) is 3.28. The largest absolute Gasteiger partial charge is 0.409 e. The summed E-state index contributed by atoms with van der Waals surface area (Å²) in [6.45, 7) is 1.15. The van der Waals surface area contributed by atoms with Gasteiger partial charge < -0.3 is 20.4 Å². The third-order valence-corrected chi connectivity index (χ3v) is 2.58. The molecule has 86 valence electrons. The lowest BCUT2D eigenvalue weighted by atomic mass is 10.1. The lowest BCUT2D eigenvalue weighted by Crippen LogP contribution is -2.14. The maximum Gasteiger partial charge on any atom is 0.184 e. The Hall–Kier alpha value is -1.30. The lowest BCUT2D eigenvalue weighted by molar-refractivity contribution is -0.0441. The normalized spacial score (nSPS) is 17.9. The molecular formula is C10H11ClN2O3. The van der Waals surface area contributed by atoms with Crippen LogP contribution in [-0.2, 0) is 9.47 Å². The first-order valence-electron chi connectivity index (χ1n) is 4.73. The summed E-state index contributed by atoms with van der Waals surface area (Å²) in [5.41, 5.74) is 6.75. The molecule has 6 heteroatoms. The minimum absolute atomic E-state index is 0.0233. The van der Waals surface area contributed by atoms with Crippen LogP contribution < -0.4 is 5.73 Å². The first-order chi connectivity index (χ1) is 7.72. The van der Waals surface area contributed by atoms with E-state index in [1.807, 2.05) is 0 Å². The molecule has 2 rings (SSSR count). The summed E-state index contributed by atoms with van der Waals surface area (Å²) in [6, 6.07) is 5.12. The Labute approximate surface area is 97.4 Å².